The fourth-order valence-corrected chi connectivity index (χ4v) is 11.7. The number of aliphatic hydroxyl groups is 1. The van der Waals surface area contributed by atoms with Crippen LogP contribution in [-0.4, -0.2) is 90.2 Å². The minimum absolute atomic E-state index is 0.104. The third-order valence-corrected chi connectivity index (χ3v) is 15.5. The van der Waals surface area contributed by atoms with E-state index >= 15 is 0 Å². The maximum atomic E-state index is 14.1. The molecule has 338 valence electrons. The number of likely N-dealkylation sites (tertiary alicyclic amines) is 2. The minimum Gasteiger partial charge on any atom is -0.481 e. The first-order chi connectivity index (χ1) is 30.6. The largest absolute Gasteiger partial charge is 0.573 e. The molecule has 1 saturated carbocycles. The van der Waals surface area contributed by atoms with Gasteiger partial charge in [0.2, 0.25) is 33.6 Å². The average molecular weight is 922 g/mol. The number of carbonyl (C=O) groups excluding carboxylic acids is 1. The van der Waals surface area contributed by atoms with Gasteiger partial charge < -0.3 is 23.7 Å². The zero-order valence-electron chi connectivity index (χ0n) is 35.2. The highest BCUT2D eigenvalue weighted by atomic mass is 35.5. The van der Waals surface area contributed by atoms with Crippen molar-refractivity contribution in [2.45, 2.75) is 94.7 Å². The molecule has 1 amide bonds. The number of rotatable bonds is 12. The maximum Gasteiger partial charge on any atom is 0.573 e. The summed E-state index contributed by atoms with van der Waals surface area (Å²) in [7, 11) is -2.15. The summed E-state index contributed by atoms with van der Waals surface area (Å²) in [5, 5.41) is 9.83. The Morgan fingerprint density at radius 3 is 2.45 bits per heavy atom. The molecule has 3 aliphatic carbocycles. The number of nitrogens with zero attached hydrogens (tertiary/aromatic N) is 4. The fourth-order valence-electron chi connectivity index (χ4n) is 10.1. The van der Waals surface area contributed by atoms with Crippen molar-refractivity contribution in [2.24, 2.45) is 5.92 Å². The van der Waals surface area contributed by atoms with Gasteiger partial charge in [-0.25, -0.2) is 13.4 Å². The van der Waals surface area contributed by atoms with Gasteiger partial charge in [0, 0.05) is 48.9 Å². The molecule has 0 bridgehead atoms. The van der Waals surface area contributed by atoms with Crippen molar-refractivity contribution in [3.8, 4) is 40.1 Å². The second kappa shape index (κ2) is 16.5. The second-order valence-electron chi connectivity index (χ2n) is 17.6. The van der Waals surface area contributed by atoms with Gasteiger partial charge in [-0.2, -0.15) is 4.98 Å². The minimum atomic E-state index is -5.00. The normalized spacial score (nSPS) is 22.5. The topological polar surface area (TPSA) is 157 Å². The number of amides is 1. The second-order valence-corrected chi connectivity index (χ2v) is 19.9. The quantitative estimate of drug-likeness (QED) is 0.125. The van der Waals surface area contributed by atoms with E-state index in [1.54, 1.807) is 13.2 Å². The summed E-state index contributed by atoms with van der Waals surface area (Å²) in [6.07, 6.45) is -1.34. The molecule has 2 aliphatic heterocycles. The Labute approximate surface area is 372 Å². The van der Waals surface area contributed by atoms with Crippen LogP contribution in [0.2, 0.25) is 5.02 Å². The number of hydrogen-bond acceptors (Lipinski definition) is 12. The molecule has 64 heavy (non-hydrogen) atoms. The van der Waals surface area contributed by atoms with Crippen LogP contribution in [0.4, 0.5) is 13.2 Å². The van der Waals surface area contributed by atoms with Crippen LogP contribution in [0.5, 0.6) is 17.5 Å². The highest BCUT2D eigenvalue weighted by molar-refractivity contribution is 7.90. The first kappa shape index (κ1) is 43.0. The number of aromatic nitrogens is 2. The number of β-amino-alcohol motifs (C(OH)–C–C–N with tert-alkyl or cyclic N) is 1. The van der Waals surface area contributed by atoms with Crippen LogP contribution in [0.3, 0.4) is 0 Å². The number of carbonyl (C=O) groups is 1. The van der Waals surface area contributed by atoms with Crippen molar-refractivity contribution in [3.05, 3.63) is 86.9 Å². The van der Waals surface area contributed by atoms with Gasteiger partial charge in [-0.1, -0.05) is 41.9 Å². The molecular formula is C46H47ClF3N5O8S. The summed E-state index contributed by atoms with van der Waals surface area (Å²) in [5.74, 6) is -0.710. The molecule has 4 heterocycles. The predicted octanol–water partition coefficient (Wildman–Crippen LogP) is 7.98. The summed E-state index contributed by atoms with van der Waals surface area (Å²) in [5.41, 5.74) is 7.28. The lowest BCUT2D eigenvalue weighted by Gasteiger charge is -2.25. The van der Waals surface area contributed by atoms with Gasteiger partial charge in [0.15, 0.2) is 11.3 Å². The smallest absolute Gasteiger partial charge is 0.481 e. The van der Waals surface area contributed by atoms with Crippen LogP contribution < -0.4 is 18.9 Å². The molecule has 0 spiro atoms. The molecule has 5 aliphatic rings. The van der Waals surface area contributed by atoms with Gasteiger partial charge in [0.1, 0.15) is 16.6 Å². The van der Waals surface area contributed by atoms with Gasteiger partial charge in [-0.3, -0.25) is 19.3 Å². The predicted molar refractivity (Wildman–Crippen MR) is 231 cm³/mol. The standard InChI is InChI=1S/C46H47ClF3N5O8S/c1-24-29(31-7-4-8-33-32(31)12-14-39(33)61-45-36(47)19-26(43(52-45)60-2)21-54-17-16-27(56)23-54)5-3-6-30(24)44-51-37-20-35-34(40(41(37)62-44)63-46(48,49)50)11-13-38(35)55-18-15-25(22-55)42(57)53-64(58,59)28-9-10-28/h3-8,19-20,25,27-28,38-39,56H,9-18,21-23H2,1-2H3,(H,53,57)/t25-,27-,38-,39+/m1/s1. The SMILES string of the molecule is COc1nc(O[C@H]2CCc3c(-c4cccc(-c5nc6cc7c(c(OC(F)(F)F)c6o5)CC[C@H]7N5CC[C@@H](C(=O)NS(=O)(=O)C6CC6)C5)c4C)cccc32)c(Cl)cc1CN1CC[C@@H](O)C1. The Balaban J connectivity index is 0.923. The first-order valence-electron chi connectivity index (χ1n) is 21.7. The highest BCUT2D eigenvalue weighted by Crippen LogP contribution is 2.49. The lowest BCUT2D eigenvalue weighted by molar-refractivity contribution is -0.274. The molecule has 3 aromatic carbocycles. The molecule has 18 heteroatoms. The van der Waals surface area contributed by atoms with Crippen LogP contribution >= 0.6 is 11.6 Å². The summed E-state index contributed by atoms with van der Waals surface area (Å²) in [4.78, 5) is 26.6. The van der Waals surface area contributed by atoms with E-state index in [9.17, 15) is 31.5 Å². The summed E-state index contributed by atoms with van der Waals surface area (Å²) >= 11 is 6.76. The Kier molecular flexibility index (Phi) is 11.1. The van der Waals surface area contributed by atoms with E-state index in [0.29, 0.717) is 92.2 Å². The van der Waals surface area contributed by atoms with Crippen LogP contribution in [0.15, 0.2) is 52.9 Å². The highest BCUT2D eigenvalue weighted by Gasteiger charge is 2.43. The summed E-state index contributed by atoms with van der Waals surface area (Å²) in [6.45, 7) is 4.55. The molecule has 0 radical (unpaired) electrons. The summed E-state index contributed by atoms with van der Waals surface area (Å²) < 4.78 is 92.5. The van der Waals surface area contributed by atoms with E-state index in [1.807, 2.05) is 54.3 Å². The number of sulfonamides is 1. The molecule has 2 aromatic heterocycles. The number of nitrogens with one attached hydrogen (secondary N) is 1. The number of oxazole rings is 1. The monoisotopic (exact) mass is 921 g/mol. The van der Waals surface area contributed by atoms with Gasteiger partial charge in [-0.05, 0) is 116 Å². The lowest BCUT2D eigenvalue weighted by atomic mass is 9.91. The lowest BCUT2D eigenvalue weighted by Crippen LogP contribution is -2.38. The Morgan fingerprint density at radius 2 is 1.70 bits per heavy atom. The van der Waals surface area contributed by atoms with E-state index in [-0.39, 0.29) is 54.1 Å². The number of alkyl halides is 3. The van der Waals surface area contributed by atoms with Gasteiger partial charge in [-0.15, -0.1) is 13.2 Å². The first-order valence-corrected chi connectivity index (χ1v) is 23.6. The number of ether oxygens (including phenoxy) is 3. The molecule has 2 N–H and O–H groups in total. The summed E-state index contributed by atoms with van der Waals surface area (Å²) in [6, 6.07) is 15.0. The number of aliphatic hydroxyl groups excluding tert-OH is 1. The van der Waals surface area contributed by atoms with Crippen molar-refractivity contribution < 1.29 is 50.1 Å². The number of halogens is 4. The fraction of sp³-hybridized carbons (Fsp3) is 0.457. The number of methoxy groups -OCH3 is 1. The van der Waals surface area contributed by atoms with E-state index in [2.05, 4.69) is 14.6 Å². The van der Waals surface area contributed by atoms with Crippen molar-refractivity contribution >= 4 is 38.6 Å². The van der Waals surface area contributed by atoms with Crippen molar-refractivity contribution in [1.82, 2.24) is 24.5 Å². The van der Waals surface area contributed by atoms with Crippen LogP contribution in [0, 0.1) is 12.8 Å². The van der Waals surface area contributed by atoms with Gasteiger partial charge in [0.05, 0.1) is 24.4 Å². The average Bonchev–Trinajstić information content (AvgIpc) is 3.67. The Hall–Kier alpha value is -4.94. The number of benzene rings is 3. The van der Waals surface area contributed by atoms with Crippen molar-refractivity contribution in [1.29, 1.82) is 0 Å². The Bertz CT molecular complexity index is 2780. The molecule has 10 rings (SSSR count). The van der Waals surface area contributed by atoms with Crippen LogP contribution in [0.25, 0.3) is 33.7 Å². The maximum absolute atomic E-state index is 14.1. The molecular weight excluding hydrogens is 875 g/mol. The van der Waals surface area contributed by atoms with E-state index in [4.69, 9.17) is 35.2 Å². The molecule has 13 nitrogen and oxygen atoms in total. The molecule has 4 atom stereocenters. The zero-order chi connectivity index (χ0) is 44.7. The van der Waals surface area contributed by atoms with E-state index < -0.39 is 39.2 Å². The van der Waals surface area contributed by atoms with Gasteiger partial charge >= 0.3 is 6.36 Å². The number of fused-ring (bicyclic) bond motifs is 3. The van der Waals surface area contributed by atoms with Crippen molar-refractivity contribution in [3.63, 3.8) is 0 Å². The number of hydrogen-bond donors (Lipinski definition) is 2. The molecule has 3 fully saturated rings. The van der Waals surface area contributed by atoms with Crippen molar-refractivity contribution in [2.75, 3.05) is 33.3 Å². The van der Waals surface area contributed by atoms with E-state index in [1.165, 1.54) is 0 Å². The Morgan fingerprint density at radius 1 is 0.938 bits per heavy atom. The zero-order valence-corrected chi connectivity index (χ0v) is 36.8. The molecule has 0 unspecified atom stereocenters. The van der Waals surface area contributed by atoms with Crippen LogP contribution in [-0.2, 0) is 34.2 Å². The molecule has 2 saturated heterocycles. The van der Waals surface area contributed by atoms with E-state index in [0.717, 1.165) is 39.9 Å². The third-order valence-electron chi connectivity index (χ3n) is 13.4. The molecule has 5 aromatic rings. The number of pyridine rings is 1. The third kappa shape index (κ3) is 8.18. The van der Waals surface area contributed by atoms with Crippen LogP contribution in [0.1, 0.15) is 84.1 Å². The van der Waals surface area contributed by atoms with Gasteiger partial charge in [0.25, 0.3) is 0 Å².